The zero-order chi connectivity index (χ0) is 22.7. The van der Waals surface area contributed by atoms with E-state index in [-0.39, 0.29) is 18.2 Å². The van der Waals surface area contributed by atoms with Crippen LogP contribution in [-0.2, 0) is 23.2 Å². The Hall–Kier alpha value is -3.92. The van der Waals surface area contributed by atoms with Gasteiger partial charge in [0.15, 0.2) is 0 Å². The van der Waals surface area contributed by atoms with Gasteiger partial charge in [-0.15, -0.1) is 5.10 Å². The number of rotatable bonds is 3. The predicted octanol–water partition coefficient (Wildman–Crippen LogP) is 2.52. The van der Waals surface area contributed by atoms with Crippen LogP contribution in [0.25, 0.3) is 32.9 Å². The summed E-state index contributed by atoms with van der Waals surface area (Å²) in [5, 5.41) is 6.48. The molecule has 6 rings (SSSR count). The average molecular weight is 459 g/mol. The zero-order valence-corrected chi connectivity index (χ0v) is 18.4. The molecule has 2 aromatic heterocycles. The van der Waals surface area contributed by atoms with Crippen molar-refractivity contribution in [3.05, 3.63) is 53.7 Å². The number of hydrogen-bond donors (Lipinski definition) is 1. The number of imide groups is 1. The van der Waals surface area contributed by atoms with Gasteiger partial charge in [-0.05, 0) is 47.8 Å². The number of aromatic nitrogens is 4. The summed E-state index contributed by atoms with van der Waals surface area (Å²) >= 11 is 1.34. The van der Waals surface area contributed by atoms with E-state index < -0.39 is 11.9 Å². The summed E-state index contributed by atoms with van der Waals surface area (Å²) in [6, 6.07) is 10.9. The van der Waals surface area contributed by atoms with E-state index >= 15 is 0 Å². The van der Waals surface area contributed by atoms with Crippen molar-refractivity contribution in [2.45, 2.75) is 25.4 Å². The summed E-state index contributed by atoms with van der Waals surface area (Å²) in [5.41, 5.74) is 4.92. The Balaban J connectivity index is 1.33. The monoisotopic (exact) mass is 458 g/mol. The molecule has 2 aliphatic rings. The Morgan fingerprint density at radius 3 is 2.85 bits per heavy atom. The van der Waals surface area contributed by atoms with E-state index in [1.165, 1.54) is 11.5 Å². The molecule has 4 heterocycles. The van der Waals surface area contributed by atoms with Gasteiger partial charge in [0, 0.05) is 42.9 Å². The maximum atomic E-state index is 12.9. The highest BCUT2D eigenvalue weighted by Gasteiger charge is 2.39. The number of amides is 3. The molecule has 0 spiro atoms. The molecule has 1 fully saturated rings. The van der Waals surface area contributed by atoms with E-state index in [0.29, 0.717) is 18.5 Å². The molecule has 0 radical (unpaired) electrons. The predicted molar refractivity (Wildman–Crippen MR) is 121 cm³/mol. The number of hydrogen-bond acceptors (Lipinski definition) is 7. The Bertz CT molecular complexity index is 1470. The van der Waals surface area contributed by atoms with Crippen LogP contribution in [0.1, 0.15) is 28.8 Å². The molecule has 2 aliphatic heterocycles. The molecule has 1 N–H and O–H groups in total. The minimum atomic E-state index is -0.624. The fourth-order valence-corrected chi connectivity index (χ4v) is 5.24. The third-order valence-corrected chi connectivity index (χ3v) is 6.99. The first-order valence-corrected chi connectivity index (χ1v) is 11.3. The lowest BCUT2D eigenvalue weighted by Gasteiger charge is -2.29. The van der Waals surface area contributed by atoms with Crippen LogP contribution in [0, 0.1) is 0 Å². The molecule has 1 atom stereocenters. The van der Waals surface area contributed by atoms with Gasteiger partial charge >= 0.3 is 0 Å². The SMILES string of the molecule is Cn1cc(-c2ccc3c(c2)CN(C2CCC(=O)NC2=O)C3=O)nc1-c1cccc2nnsc12. The topological polar surface area (TPSA) is 110 Å². The van der Waals surface area contributed by atoms with Crippen molar-refractivity contribution in [3.63, 3.8) is 0 Å². The highest BCUT2D eigenvalue weighted by Crippen LogP contribution is 2.34. The number of fused-ring (bicyclic) bond motifs is 2. The fraction of sp³-hybridized carbons (Fsp3) is 0.217. The maximum Gasteiger partial charge on any atom is 0.255 e. The van der Waals surface area contributed by atoms with Crippen molar-refractivity contribution < 1.29 is 14.4 Å². The Labute approximate surface area is 192 Å². The maximum absolute atomic E-state index is 12.9. The molecule has 3 amide bonds. The minimum absolute atomic E-state index is 0.183. The number of benzene rings is 2. The lowest BCUT2D eigenvalue weighted by molar-refractivity contribution is -0.136. The quantitative estimate of drug-likeness (QED) is 0.473. The summed E-state index contributed by atoms with van der Waals surface area (Å²) in [6.07, 6.45) is 2.54. The first-order chi connectivity index (χ1) is 16.0. The summed E-state index contributed by atoms with van der Waals surface area (Å²) in [5.74, 6) is -0.0762. The van der Waals surface area contributed by atoms with Gasteiger partial charge in [0.2, 0.25) is 11.8 Å². The number of nitrogens with one attached hydrogen (secondary N) is 1. The largest absolute Gasteiger partial charge is 0.333 e. The Morgan fingerprint density at radius 2 is 2.00 bits per heavy atom. The second-order valence-electron chi connectivity index (χ2n) is 8.26. The molecule has 164 valence electrons. The smallest absolute Gasteiger partial charge is 0.255 e. The van der Waals surface area contributed by atoms with Crippen LogP contribution in [0.15, 0.2) is 42.6 Å². The number of nitrogens with zero attached hydrogens (tertiary/aromatic N) is 5. The third kappa shape index (κ3) is 3.13. The molecule has 33 heavy (non-hydrogen) atoms. The number of imidazole rings is 1. The lowest BCUT2D eigenvalue weighted by Crippen LogP contribution is -2.52. The van der Waals surface area contributed by atoms with Crippen molar-refractivity contribution in [2.75, 3.05) is 0 Å². The van der Waals surface area contributed by atoms with Crippen molar-refractivity contribution in [1.29, 1.82) is 0 Å². The molecular weight excluding hydrogens is 440 g/mol. The molecule has 0 aliphatic carbocycles. The molecule has 0 saturated carbocycles. The number of carbonyl (C=O) groups excluding carboxylic acids is 3. The van der Waals surface area contributed by atoms with Gasteiger partial charge in [-0.2, -0.15) is 0 Å². The van der Waals surface area contributed by atoms with Crippen LogP contribution in [0.4, 0.5) is 0 Å². The molecule has 1 saturated heterocycles. The van der Waals surface area contributed by atoms with Crippen molar-refractivity contribution >= 4 is 39.5 Å². The van der Waals surface area contributed by atoms with Crippen LogP contribution in [0.2, 0.25) is 0 Å². The van der Waals surface area contributed by atoms with E-state index in [9.17, 15) is 14.4 Å². The van der Waals surface area contributed by atoms with Gasteiger partial charge < -0.3 is 9.47 Å². The highest BCUT2D eigenvalue weighted by atomic mass is 32.1. The second-order valence-corrected chi connectivity index (χ2v) is 9.01. The molecule has 2 aromatic carbocycles. The van der Waals surface area contributed by atoms with Crippen molar-refractivity contribution in [1.82, 2.24) is 29.4 Å². The second kappa shape index (κ2) is 7.31. The standard InChI is InChI=1S/C23H18N6O3S/c1-28-11-17(24-21(28)15-3-2-4-16-20(15)33-27-26-16)12-5-6-14-13(9-12)10-29(23(14)32)18-7-8-19(30)25-22(18)31/h2-6,9,11,18H,7-8,10H2,1H3,(H,25,30,31). The first kappa shape index (κ1) is 19.7. The molecule has 9 nitrogen and oxygen atoms in total. The molecule has 4 aromatic rings. The Morgan fingerprint density at radius 1 is 1.12 bits per heavy atom. The minimum Gasteiger partial charge on any atom is -0.333 e. The van der Waals surface area contributed by atoms with Crippen LogP contribution < -0.4 is 5.32 Å². The van der Waals surface area contributed by atoms with Crippen LogP contribution in [0.5, 0.6) is 0 Å². The Kier molecular flexibility index (Phi) is 4.37. The van der Waals surface area contributed by atoms with E-state index in [2.05, 4.69) is 14.9 Å². The van der Waals surface area contributed by atoms with Crippen LogP contribution in [-0.4, -0.2) is 47.8 Å². The zero-order valence-electron chi connectivity index (χ0n) is 17.6. The molecule has 10 heteroatoms. The van der Waals surface area contributed by atoms with E-state index in [1.54, 1.807) is 11.0 Å². The molecule has 0 bridgehead atoms. The van der Waals surface area contributed by atoms with Crippen LogP contribution in [0.3, 0.4) is 0 Å². The third-order valence-electron chi connectivity index (χ3n) is 6.21. The summed E-state index contributed by atoms with van der Waals surface area (Å²) in [6.45, 7) is 0.333. The van der Waals surface area contributed by atoms with Gasteiger partial charge in [0.25, 0.3) is 5.91 Å². The average Bonchev–Trinajstić information content (AvgIpc) is 3.51. The molecular formula is C23H18N6O3S. The van der Waals surface area contributed by atoms with E-state index in [4.69, 9.17) is 4.98 Å². The number of carbonyl (C=O) groups is 3. The van der Waals surface area contributed by atoms with Gasteiger partial charge in [-0.1, -0.05) is 16.6 Å². The van der Waals surface area contributed by atoms with E-state index in [0.717, 1.165) is 38.4 Å². The fourth-order valence-electron chi connectivity index (χ4n) is 4.57. The van der Waals surface area contributed by atoms with E-state index in [1.807, 2.05) is 48.1 Å². The highest BCUT2D eigenvalue weighted by molar-refractivity contribution is 7.13. The van der Waals surface area contributed by atoms with Gasteiger partial charge in [-0.3, -0.25) is 19.7 Å². The van der Waals surface area contributed by atoms with Crippen LogP contribution >= 0.6 is 11.5 Å². The van der Waals surface area contributed by atoms with Crippen molar-refractivity contribution in [2.24, 2.45) is 7.05 Å². The number of piperidine rings is 1. The van der Waals surface area contributed by atoms with Crippen molar-refractivity contribution in [3.8, 4) is 22.6 Å². The van der Waals surface area contributed by atoms with Gasteiger partial charge in [-0.25, -0.2) is 4.98 Å². The summed E-state index contributed by atoms with van der Waals surface area (Å²) < 4.78 is 7.01. The van der Waals surface area contributed by atoms with Gasteiger partial charge in [0.05, 0.1) is 10.4 Å². The normalized spacial score (nSPS) is 18.2. The summed E-state index contributed by atoms with van der Waals surface area (Å²) in [7, 11) is 1.95. The first-order valence-electron chi connectivity index (χ1n) is 10.5. The number of aryl methyl sites for hydroxylation is 1. The van der Waals surface area contributed by atoms with Gasteiger partial charge in [0.1, 0.15) is 17.4 Å². The summed E-state index contributed by atoms with van der Waals surface area (Å²) in [4.78, 5) is 43.1. The molecule has 1 unspecified atom stereocenters. The lowest BCUT2D eigenvalue weighted by atomic mass is 10.0.